The number of benzene rings is 1. The molecule has 0 spiro atoms. The van der Waals surface area contributed by atoms with Gasteiger partial charge in [0, 0.05) is 25.2 Å². The summed E-state index contributed by atoms with van der Waals surface area (Å²) in [6.07, 6.45) is -0.0200. The van der Waals surface area contributed by atoms with Crippen molar-refractivity contribution in [1.29, 1.82) is 0 Å². The van der Waals surface area contributed by atoms with Crippen molar-refractivity contribution in [3.63, 3.8) is 0 Å². The fourth-order valence-electron chi connectivity index (χ4n) is 2.99. The maximum absolute atomic E-state index is 13.5. The summed E-state index contributed by atoms with van der Waals surface area (Å²) in [6.45, 7) is 0.959. The second kappa shape index (κ2) is 6.60. The molecule has 0 radical (unpaired) electrons. The lowest BCUT2D eigenvalue weighted by Crippen LogP contribution is -2.25. The molecule has 3 rings (SSSR count). The Hall–Kier alpha value is -2.05. The van der Waals surface area contributed by atoms with E-state index in [0.29, 0.717) is 31.0 Å². The molecule has 1 aromatic heterocycles. The van der Waals surface area contributed by atoms with Crippen molar-refractivity contribution in [3.8, 4) is 5.88 Å². The SMILES string of the molecule is COc1cccc(CN2C[C@@H](O)C[C@@H]2c2ccc(F)c(F)c2)n1. The van der Waals surface area contributed by atoms with Gasteiger partial charge in [-0.05, 0) is 30.2 Å². The quantitative estimate of drug-likeness (QED) is 0.941. The number of aliphatic hydroxyl groups excluding tert-OH is 1. The molecular formula is C17H18F2N2O2. The molecule has 2 atom stereocenters. The largest absolute Gasteiger partial charge is 0.481 e. The molecule has 1 aliphatic heterocycles. The van der Waals surface area contributed by atoms with Crippen molar-refractivity contribution >= 4 is 0 Å². The number of hydrogen-bond acceptors (Lipinski definition) is 4. The molecule has 1 saturated heterocycles. The Kier molecular flexibility index (Phi) is 4.54. The van der Waals surface area contributed by atoms with Crippen molar-refractivity contribution < 1.29 is 18.6 Å². The van der Waals surface area contributed by atoms with Crippen molar-refractivity contribution in [2.45, 2.75) is 25.1 Å². The number of β-amino-alcohol motifs (C(OH)–C–C–N with tert-alkyl or cyclic N) is 1. The molecule has 4 nitrogen and oxygen atoms in total. The first-order valence-electron chi connectivity index (χ1n) is 7.44. The van der Waals surface area contributed by atoms with Crippen LogP contribution in [0.4, 0.5) is 8.78 Å². The van der Waals surface area contributed by atoms with Crippen LogP contribution in [-0.2, 0) is 6.54 Å². The number of nitrogens with zero attached hydrogens (tertiary/aromatic N) is 2. The second-order valence-electron chi connectivity index (χ2n) is 5.68. The molecule has 0 unspecified atom stereocenters. The van der Waals surface area contributed by atoms with Gasteiger partial charge in [-0.2, -0.15) is 0 Å². The number of likely N-dealkylation sites (tertiary alicyclic amines) is 1. The fraction of sp³-hybridized carbons (Fsp3) is 0.353. The highest BCUT2D eigenvalue weighted by Crippen LogP contribution is 2.34. The maximum Gasteiger partial charge on any atom is 0.213 e. The lowest BCUT2D eigenvalue weighted by atomic mass is 10.0. The van der Waals surface area contributed by atoms with Crippen molar-refractivity contribution in [3.05, 3.63) is 59.3 Å². The van der Waals surface area contributed by atoms with Gasteiger partial charge in [0.2, 0.25) is 5.88 Å². The summed E-state index contributed by atoms with van der Waals surface area (Å²) in [6, 6.07) is 9.19. The van der Waals surface area contributed by atoms with Gasteiger partial charge < -0.3 is 9.84 Å². The van der Waals surface area contributed by atoms with Gasteiger partial charge in [-0.1, -0.05) is 12.1 Å². The summed E-state index contributed by atoms with van der Waals surface area (Å²) in [5.41, 5.74) is 1.45. The topological polar surface area (TPSA) is 45.6 Å². The summed E-state index contributed by atoms with van der Waals surface area (Å²) in [4.78, 5) is 6.37. The standard InChI is InChI=1S/C17H18F2N2O2/c1-23-17-4-2-3-12(20-17)9-21-10-13(22)8-16(21)11-5-6-14(18)15(19)7-11/h2-7,13,16,22H,8-10H2,1H3/t13-,16+/m0/s1. The number of ether oxygens (including phenoxy) is 1. The Morgan fingerprint density at radius 3 is 2.83 bits per heavy atom. The van der Waals surface area contributed by atoms with Crippen LogP contribution in [0.3, 0.4) is 0 Å². The molecular weight excluding hydrogens is 302 g/mol. The highest BCUT2D eigenvalue weighted by Gasteiger charge is 2.32. The van der Waals surface area contributed by atoms with E-state index in [0.717, 1.165) is 11.8 Å². The van der Waals surface area contributed by atoms with Gasteiger partial charge in [-0.25, -0.2) is 13.8 Å². The molecule has 2 aromatic rings. The molecule has 0 bridgehead atoms. The van der Waals surface area contributed by atoms with Gasteiger partial charge >= 0.3 is 0 Å². The van der Waals surface area contributed by atoms with Gasteiger partial charge in [0.15, 0.2) is 11.6 Å². The Balaban J connectivity index is 1.82. The van der Waals surface area contributed by atoms with Gasteiger partial charge in [0.05, 0.1) is 18.9 Å². The van der Waals surface area contributed by atoms with E-state index < -0.39 is 17.7 Å². The number of aliphatic hydroxyl groups is 1. The van der Waals surface area contributed by atoms with Gasteiger partial charge in [0.1, 0.15) is 0 Å². The Morgan fingerprint density at radius 1 is 1.26 bits per heavy atom. The fourth-order valence-corrected chi connectivity index (χ4v) is 2.99. The van der Waals surface area contributed by atoms with Gasteiger partial charge in [-0.3, -0.25) is 4.90 Å². The predicted molar refractivity (Wildman–Crippen MR) is 80.9 cm³/mol. The molecule has 23 heavy (non-hydrogen) atoms. The first kappa shape index (κ1) is 15.8. The number of rotatable bonds is 4. The zero-order chi connectivity index (χ0) is 16.4. The smallest absolute Gasteiger partial charge is 0.213 e. The van der Waals surface area contributed by atoms with E-state index in [9.17, 15) is 13.9 Å². The first-order chi connectivity index (χ1) is 11.1. The van der Waals surface area contributed by atoms with Crippen LogP contribution in [0.2, 0.25) is 0 Å². The molecule has 0 aliphatic carbocycles. The molecule has 1 aromatic carbocycles. The number of hydrogen-bond donors (Lipinski definition) is 1. The van der Waals surface area contributed by atoms with E-state index in [1.807, 2.05) is 17.0 Å². The summed E-state index contributed by atoms with van der Waals surface area (Å²) in [5, 5.41) is 9.98. The average Bonchev–Trinajstić information content (AvgIpc) is 2.90. The van der Waals surface area contributed by atoms with Crippen molar-refractivity contribution in [1.82, 2.24) is 9.88 Å². The Labute approximate surface area is 133 Å². The summed E-state index contributed by atoms with van der Waals surface area (Å²) >= 11 is 0. The van der Waals surface area contributed by atoms with Crippen LogP contribution < -0.4 is 4.74 Å². The molecule has 1 fully saturated rings. The summed E-state index contributed by atoms with van der Waals surface area (Å²) < 4.78 is 31.7. The molecule has 0 amide bonds. The van der Waals surface area contributed by atoms with Crippen LogP contribution >= 0.6 is 0 Å². The van der Waals surface area contributed by atoms with E-state index in [4.69, 9.17) is 4.74 Å². The monoisotopic (exact) mass is 320 g/mol. The van der Waals surface area contributed by atoms with Crippen molar-refractivity contribution in [2.24, 2.45) is 0 Å². The predicted octanol–water partition coefficient (Wildman–Crippen LogP) is 2.68. The van der Waals surface area contributed by atoms with Crippen molar-refractivity contribution in [2.75, 3.05) is 13.7 Å². The average molecular weight is 320 g/mol. The maximum atomic E-state index is 13.5. The van der Waals surface area contributed by atoms with Crippen LogP contribution in [-0.4, -0.2) is 34.7 Å². The third-order valence-corrected chi connectivity index (χ3v) is 4.07. The second-order valence-corrected chi connectivity index (χ2v) is 5.68. The minimum Gasteiger partial charge on any atom is -0.481 e. The lowest BCUT2D eigenvalue weighted by Gasteiger charge is -2.24. The zero-order valence-electron chi connectivity index (χ0n) is 12.7. The Morgan fingerprint density at radius 2 is 2.09 bits per heavy atom. The Bertz CT molecular complexity index is 696. The lowest BCUT2D eigenvalue weighted by molar-refractivity contribution is 0.172. The molecule has 1 N–H and O–H groups in total. The number of pyridine rings is 1. The van der Waals surface area contributed by atoms with E-state index in [2.05, 4.69) is 4.98 Å². The number of methoxy groups -OCH3 is 1. The highest BCUT2D eigenvalue weighted by molar-refractivity contribution is 5.23. The molecule has 0 saturated carbocycles. The number of aromatic nitrogens is 1. The van der Waals surface area contributed by atoms with Gasteiger partial charge in [0.25, 0.3) is 0 Å². The van der Waals surface area contributed by atoms with E-state index in [1.165, 1.54) is 6.07 Å². The molecule has 122 valence electrons. The molecule has 1 aliphatic rings. The first-order valence-corrected chi connectivity index (χ1v) is 7.44. The van der Waals surface area contributed by atoms with Crippen LogP contribution in [0.25, 0.3) is 0 Å². The normalized spacial score (nSPS) is 21.6. The summed E-state index contributed by atoms with van der Waals surface area (Å²) in [7, 11) is 1.55. The van der Waals surface area contributed by atoms with E-state index >= 15 is 0 Å². The summed E-state index contributed by atoms with van der Waals surface area (Å²) in [5.74, 6) is -1.22. The van der Waals surface area contributed by atoms with E-state index in [-0.39, 0.29) is 6.04 Å². The molecule has 6 heteroatoms. The van der Waals surface area contributed by atoms with E-state index in [1.54, 1.807) is 19.2 Å². The molecule has 2 heterocycles. The van der Waals surface area contributed by atoms with Crippen LogP contribution in [0.1, 0.15) is 23.7 Å². The van der Waals surface area contributed by atoms with Crippen LogP contribution in [0.5, 0.6) is 5.88 Å². The van der Waals surface area contributed by atoms with Crippen LogP contribution in [0.15, 0.2) is 36.4 Å². The minimum atomic E-state index is -0.872. The van der Waals surface area contributed by atoms with Gasteiger partial charge in [-0.15, -0.1) is 0 Å². The third-order valence-electron chi connectivity index (χ3n) is 4.07. The van der Waals surface area contributed by atoms with Crippen LogP contribution in [0, 0.1) is 11.6 Å². The number of halogens is 2. The third kappa shape index (κ3) is 3.48. The minimum absolute atomic E-state index is 0.173. The zero-order valence-corrected chi connectivity index (χ0v) is 12.7. The highest BCUT2D eigenvalue weighted by atomic mass is 19.2.